The Bertz CT molecular complexity index is 1850. The minimum atomic E-state index is -0.0581. The summed E-state index contributed by atoms with van der Waals surface area (Å²) in [7, 11) is 0. The number of hydrogen-bond donors (Lipinski definition) is 8. The smallest absolute Gasteiger partial charge is 0.185 e. The fourth-order valence-corrected chi connectivity index (χ4v) is 4.57. The number of aliphatic imine (C=N–C) groups is 1. The fourth-order valence-electron chi connectivity index (χ4n) is 4.57. The van der Waals surface area contributed by atoms with Crippen LogP contribution in [0.2, 0.25) is 0 Å². The van der Waals surface area contributed by atoms with E-state index in [2.05, 4.69) is 85.0 Å². The van der Waals surface area contributed by atoms with Crippen LogP contribution < -0.4 is 11.5 Å². The molecule has 6 aromatic rings. The highest BCUT2D eigenvalue weighted by molar-refractivity contribution is 5.82. The summed E-state index contributed by atoms with van der Waals surface area (Å²) in [6.45, 7) is 13.3. The van der Waals surface area contributed by atoms with E-state index in [-0.39, 0.29) is 17.5 Å². The van der Waals surface area contributed by atoms with Crippen molar-refractivity contribution in [2.45, 2.75) is 86.5 Å². The molecular formula is C44H62N6O4. The third-order valence-corrected chi connectivity index (χ3v) is 7.91. The molecule has 0 aliphatic rings. The van der Waals surface area contributed by atoms with Gasteiger partial charge in [0, 0.05) is 35.5 Å². The number of imidazole rings is 1. The van der Waals surface area contributed by atoms with Crippen molar-refractivity contribution in [1.29, 1.82) is 0 Å². The maximum absolute atomic E-state index is 8.98. The highest BCUT2D eigenvalue weighted by Gasteiger charge is 1.98. The molecule has 6 rings (SSSR count). The number of phenols is 4. The summed E-state index contributed by atoms with van der Waals surface area (Å²) in [5.74, 6) is 0.788. The molecule has 2 heterocycles. The first-order valence-corrected chi connectivity index (χ1v) is 18.7. The number of H-pyrrole nitrogens is 2. The molecule has 0 fully saturated rings. The van der Waals surface area contributed by atoms with Crippen molar-refractivity contribution in [3.63, 3.8) is 0 Å². The molecule has 0 aliphatic carbocycles. The summed E-state index contributed by atoms with van der Waals surface area (Å²) in [6.07, 6.45) is 12.8. The predicted molar refractivity (Wildman–Crippen MR) is 225 cm³/mol. The van der Waals surface area contributed by atoms with Gasteiger partial charge >= 0.3 is 0 Å². The number of para-hydroxylation sites is 1. The zero-order valence-electron chi connectivity index (χ0n) is 32.9. The van der Waals surface area contributed by atoms with E-state index in [1.165, 1.54) is 39.4 Å². The maximum atomic E-state index is 8.98. The zero-order chi connectivity index (χ0) is 40.1. The third-order valence-electron chi connectivity index (χ3n) is 7.91. The molecule has 0 unspecified atom stereocenters. The van der Waals surface area contributed by atoms with Crippen LogP contribution in [0.3, 0.4) is 0 Å². The number of aromatic nitrogens is 3. The lowest BCUT2D eigenvalue weighted by Gasteiger charge is -1.98. The summed E-state index contributed by atoms with van der Waals surface area (Å²) in [6, 6.07) is 27.8. The molecule has 0 saturated heterocycles. The first kappa shape index (κ1) is 46.1. The number of nitrogens with two attached hydrogens (primary N) is 2. The normalized spacial score (nSPS) is 9.59. The number of aromatic hydroxyl groups is 4. The predicted octanol–water partition coefficient (Wildman–Crippen LogP) is 9.33. The van der Waals surface area contributed by atoms with Crippen molar-refractivity contribution in [3.05, 3.63) is 138 Å². The highest BCUT2D eigenvalue weighted by atomic mass is 16.3. The molecule has 10 N–H and O–H groups in total. The van der Waals surface area contributed by atoms with Crippen molar-refractivity contribution >= 4 is 16.9 Å². The number of fused-ring (bicyclic) bond motifs is 1. The molecule has 0 aliphatic heterocycles. The minimum Gasteiger partial charge on any atom is -0.508 e. The Balaban J connectivity index is 0.000000326. The van der Waals surface area contributed by atoms with Crippen molar-refractivity contribution in [1.82, 2.24) is 15.0 Å². The summed E-state index contributed by atoms with van der Waals surface area (Å²) >= 11 is 0. The molecule has 0 amide bonds. The monoisotopic (exact) mass is 738 g/mol. The van der Waals surface area contributed by atoms with Crippen molar-refractivity contribution in [2.75, 3.05) is 6.54 Å². The van der Waals surface area contributed by atoms with Crippen LogP contribution in [0.1, 0.15) is 82.3 Å². The number of nitrogens with zero attached hydrogens (tertiary/aromatic N) is 2. The van der Waals surface area contributed by atoms with E-state index in [0.717, 1.165) is 57.1 Å². The van der Waals surface area contributed by atoms with Gasteiger partial charge in [0.15, 0.2) is 17.5 Å². The second kappa shape index (κ2) is 27.7. The van der Waals surface area contributed by atoms with E-state index in [1.807, 2.05) is 37.4 Å². The van der Waals surface area contributed by atoms with E-state index >= 15 is 0 Å². The molecule has 4 aromatic carbocycles. The molecular weight excluding hydrogens is 677 g/mol. The molecule has 292 valence electrons. The Labute approximate surface area is 321 Å². The van der Waals surface area contributed by atoms with E-state index in [1.54, 1.807) is 42.7 Å². The number of phenolic OH excluding ortho intramolecular Hbond substituents is 4. The molecule has 0 bridgehead atoms. The highest BCUT2D eigenvalue weighted by Crippen LogP contribution is 2.24. The van der Waals surface area contributed by atoms with Gasteiger partial charge < -0.3 is 41.9 Å². The number of nitrogens with one attached hydrogen (secondary N) is 2. The third kappa shape index (κ3) is 19.6. The lowest BCUT2D eigenvalue weighted by atomic mass is 10.1. The van der Waals surface area contributed by atoms with E-state index in [9.17, 15) is 0 Å². The number of aryl methyl sites for hydroxylation is 5. The van der Waals surface area contributed by atoms with Crippen molar-refractivity contribution < 1.29 is 20.4 Å². The summed E-state index contributed by atoms with van der Waals surface area (Å²) in [5.41, 5.74) is 17.4. The first-order valence-electron chi connectivity index (χ1n) is 18.7. The quantitative estimate of drug-likeness (QED) is 0.0330. The second-order valence-electron chi connectivity index (χ2n) is 12.0. The summed E-state index contributed by atoms with van der Waals surface area (Å²) in [4.78, 5) is 13.8. The molecule has 0 spiro atoms. The van der Waals surface area contributed by atoms with Crippen LogP contribution in [0, 0.1) is 0 Å². The number of hydrogen-bond acceptors (Lipinski definition) is 6. The van der Waals surface area contributed by atoms with E-state index < -0.39 is 0 Å². The molecule has 2 aromatic heterocycles. The Morgan fingerprint density at radius 1 is 0.630 bits per heavy atom. The van der Waals surface area contributed by atoms with Crippen LogP contribution in [-0.2, 0) is 32.1 Å². The fraction of sp³-hybridized carbons (Fsp3) is 0.318. The summed E-state index contributed by atoms with van der Waals surface area (Å²) in [5, 5.41) is 37.0. The standard InChI is InChI=1S/C10H11N.C8H10O2.2C8H10O.C5H13N3.C5H8N2/c1-2-8-7-11-10-6-4-3-5-9(8)10;1-2-6-3-4-7(9)8(10)5-6;1-2-7-3-5-8(9)6-4-7;1-2-7-4-3-5-8(9)6-7;1-2-3-4-8-5(6)7;1-2-5-3-6-4-7-5/h3-7,11H,2H2,1H3;3-5,9-10H,2H2,1H3;2*3-6,9H,2H2,1H3;2-4H2,1H3,(H4,6,7,8);3-4H,2H2,1H3,(H,6,7). The van der Waals surface area contributed by atoms with Gasteiger partial charge in [-0.2, -0.15) is 0 Å². The van der Waals surface area contributed by atoms with Gasteiger partial charge in [0.25, 0.3) is 0 Å². The average molecular weight is 739 g/mol. The lowest BCUT2D eigenvalue weighted by molar-refractivity contribution is 0.403. The van der Waals surface area contributed by atoms with Gasteiger partial charge in [-0.3, -0.25) is 4.99 Å². The van der Waals surface area contributed by atoms with Crippen LogP contribution in [0.25, 0.3) is 10.9 Å². The molecule has 0 radical (unpaired) electrons. The van der Waals surface area contributed by atoms with E-state index in [0.29, 0.717) is 11.5 Å². The SMILES string of the molecule is CCCCN=C(N)N.CCc1c[nH]c2ccccc12.CCc1ccc(O)c(O)c1.CCc1ccc(O)cc1.CCc1cccc(O)c1.CCc1cnc[nH]1. The maximum Gasteiger partial charge on any atom is 0.185 e. The molecule has 54 heavy (non-hydrogen) atoms. The Kier molecular flexibility index (Phi) is 23.7. The van der Waals surface area contributed by atoms with Crippen molar-refractivity contribution in [3.8, 4) is 23.0 Å². The van der Waals surface area contributed by atoms with Gasteiger partial charge in [-0.05, 0) is 103 Å². The number of guanidine groups is 1. The summed E-state index contributed by atoms with van der Waals surface area (Å²) < 4.78 is 0. The lowest BCUT2D eigenvalue weighted by Crippen LogP contribution is -2.22. The van der Waals surface area contributed by atoms with Gasteiger partial charge in [-0.15, -0.1) is 0 Å². The second-order valence-corrected chi connectivity index (χ2v) is 12.0. The Morgan fingerprint density at radius 2 is 1.28 bits per heavy atom. The number of rotatable bonds is 8. The zero-order valence-corrected chi connectivity index (χ0v) is 32.9. The van der Waals surface area contributed by atoms with Crippen LogP contribution >= 0.6 is 0 Å². The average Bonchev–Trinajstić information content (AvgIpc) is 3.88. The molecule has 10 nitrogen and oxygen atoms in total. The van der Waals surface area contributed by atoms with Gasteiger partial charge in [-0.1, -0.05) is 96.5 Å². The Morgan fingerprint density at radius 3 is 1.78 bits per heavy atom. The number of aromatic amines is 2. The van der Waals surface area contributed by atoms with Gasteiger partial charge in [0.2, 0.25) is 0 Å². The van der Waals surface area contributed by atoms with Gasteiger partial charge in [-0.25, -0.2) is 4.98 Å². The topological polar surface area (TPSA) is 190 Å². The van der Waals surface area contributed by atoms with Crippen molar-refractivity contribution in [2.24, 2.45) is 16.5 Å². The minimum absolute atomic E-state index is 0.0423. The van der Waals surface area contributed by atoms with Gasteiger partial charge in [0.1, 0.15) is 11.5 Å². The molecule has 0 atom stereocenters. The van der Waals surface area contributed by atoms with Crippen LogP contribution in [0.15, 0.2) is 115 Å². The molecule has 10 heteroatoms. The van der Waals surface area contributed by atoms with Gasteiger partial charge in [0.05, 0.1) is 6.33 Å². The van der Waals surface area contributed by atoms with Crippen LogP contribution in [0.4, 0.5) is 0 Å². The van der Waals surface area contributed by atoms with Crippen LogP contribution in [-0.4, -0.2) is 47.9 Å². The number of benzene rings is 4. The first-order chi connectivity index (χ1) is 26.0. The number of unbranched alkanes of at least 4 members (excludes halogenated alkanes) is 1. The van der Waals surface area contributed by atoms with Crippen LogP contribution in [0.5, 0.6) is 23.0 Å². The Hall–Kier alpha value is -5.90. The van der Waals surface area contributed by atoms with E-state index in [4.69, 9.17) is 31.9 Å². The molecule has 0 saturated carbocycles. The largest absolute Gasteiger partial charge is 0.508 e.